The number of carbonyl (C=O) groups is 2. The highest BCUT2D eigenvalue weighted by Crippen LogP contribution is 2.31. The molecule has 0 saturated heterocycles. The van der Waals surface area contributed by atoms with Crippen LogP contribution in [0.3, 0.4) is 0 Å². The molecule has 1 heterocycles. The van der Waals surface area contributed by atoms with E-state index in [1.807, 2.05) is 73.7 Å². The van der Waals surface area contributed by atoms with E-state index in [0.29, 0.717) is 21.7 Å². The summed E-state index contributed by atoms with van der Waals surface area (Å²) in [6, 6.07) is 28.5. The van der Waals surface area contributed by atoms with E-state index in [1.54, 1.807) is 12.1 Å². The van der Waals surface area contributed by atoms with Gasteiger partial charge in [-0.2, -0.15) is 0 Å². The number of rotatable bonds is 7. The minimum atomic E-state index is -0.929. The summed E-state index contributed by atoms with van der Waals surface area (Å²) in [5.41, 5.74) is 6.98. The van der Waals surface area contributed by atoms with Gasteiger partial charge in [0.25, 0.3) is 5.91 Å². The van der Waals surface area contributed by atoms with Crippen LogP contribution in [0.5, 0.6) is 0 Å². The largest absolute Gasteiger partial charge is 0.478 e. The first-order chi connectivity index (χ1) is 18.4. The summed E-state index contributed by atoms with van der Waals surface area (Å²) in [5, 5.41) is 13.2. The van der Waals surface area contributed by atoms with E-state index in [-0.39, 0.29) is 11.9 Å². The van der Waals surface area contributed by atoms with Crippen molar-refractivity contribution in [2.24, 2.45) is 0 Å². The van der Waals surface area contributed by atoms with Crippen LogP contribution in [0, 0.1) is 0 Å². The number of halogens is 1. The van der Waals surface area contributed by atoms with Crippen LogP contribution in [-0.2, 0) is 13.0 Å². The Morgan fingerprint density at radius 3 is 2.53 bits per heavy atom. The van der Waals surface area contributed by atoms with Crippen LogP contribution in [0.4, 0.5) is 5.69 Å². The van der Waals surface area contributed by atoms with Crippen molar-refractivity contribution in [2.75, 3.05) is 11.4 Å². The summed E-state index contributed by atoms with van der Waals surface area (Å²) in [6.07, 6.45) is 1.95. The third-order valence-corrected chi connectivity index (χ3v) is 7.28. The van der Waals surface area contributed by atoms with Gasteiger partial charge in [0, 0.05) is 29.4 Å². The summed E-state index contributed by atoms with van der Waals surface area (Å²) >= 11 is 6.11. The fourth-order valence-corrected chi connectivity index (χ4v) is 5.25. The molecule has 0 saturated carbocycles. The molecule has 4 aromatic carbocycles. The van der Waals surface area contributed by atoms with E-state index in [9.17, 15) is 14.7 Å². The number of fused-ring (bicyclic) bond motifs is 1. The standard InChI is InChI=1S/C32H29ClN2O3/c1-21(24-6-4-8-27(33)19-24)34-31(36)26-15-16-30-25(18-26)7-5-17-35(30)20-22-11-13-23(14-12-22)28-9-2-3-10-29(28)32(37)38/h2-4,6,8-16,18-19,21H,5,7,17,20H2,1H3,(H,34,36)(H,37,38). The van der Waals surface area contributed by atoms with Crippen LogP contribution in [0.1, 0.15) is 56.8 Å². The number of hydrogen-bond acceptors (Lipinski definition) is 3. The first-order valence-electron chi connectivity index (χ1n) is 12.7. The van der Waals surface area contributed by atoms with Crippen LogP contribution < -0.4 is 10.2 Å². The van der Waals surface area contributed by atoms with Gasteiger partial charge in [0.15, 0.2) is 0 Å². The highest BCUT2D eigenvalue weighted by atomic mass is 35.5. The zero-order valence-corrected chi connectivity index (χ0v) is 21.9. The second-order valence-electron chi connectivity index (χ2n) is 9.67. The van der Waals surface area contributed by atoms with Gasteiger partial charge in [0.05, 0.1) is 11.6 Å². The molecular weight excluding hydrogens is 496 g/mol. The van der Waals surface area contributed by atoms with Gasteiger partial charge in [0.2, 0.25) is 0 Å². The fraction of sp³-hybridized carbons (Fsp3) is 0.188. The highest BCUT2D eigenvalue weighted by molar-refractivity contribution is 6.30. The van der Waals surface area contributed by atoms with E-state index in [1.165, 1.54) is 5.56 Å². The number of carboxylic acid groups (broad SMARTS) is 1. The molecule has 1 atom stereocenters. The van der Waals surface area contributed by atoms with Gasteiger partial charge in [-0.05, 0) is 84.0 Å². The summed E-state index contributed by atoms with van der Waals surface area (Å²) in [5.74, 6) is -1.03. The van der Waals surface area contributed by atoms with Gasteiger partial charge in [-0.1, -0.05) is 66.2 Å². The van der Waals surface area contributed by atoms with Crippen molar-refractivity contribution in [3.05, 3.63) is 124 Å². The molecule has 6 heteroatoms. The number of nitrogens with one attached hydrogen (secondary N) is 1. The van der Waals surface area contributed by atoms with E-state index < -0.39 is 5.97 Å². The molecule has 0 radical (unpaired) electrons. The van der Waals surface area contributed by atoms with Crippen molar-refractivity contribution in [3.8, 4) is 11.1 Å². The molecular formula is C32H29ClN2O3. The number of aromatic carboxylic acids is 1. The Bertz CT molecular complexity index is 1480. The number of amides is 1. The second kappa shape index (κ2) is 11.1. The highest BCUT2D eigenvalue weighted by Gasteiger charge is 2.20. The van der Waals surface area contributed by atoms with Gasteiger partial charge in [-0.3, -0.25) is 4.79 Å². The SMILES string of the molecule is CC(NC(=O)c1ccc2c(c1)CCCN2Cc1ccc(-c2ccccc2C(=O)O)cc1)c1cccc(Cl)c1. The van der Waals surface area contributed by atoms with E-state index in [2.05, 4.69) is 22.3 Å². The maximum absolute atomic E-state index is 13.0. The number of aryl methyl sites for hydroxylation is 1. The predicted octanol–water partition coefficient (Wildman–Crippen LogP) is 7.15. The monoisotopic (exact) mass is 524 g/mol. The molecule has 1 unspecified atom stereocenters. The minimum absolute atomic E-state index is 0.102. The van der Waals surface area contributed by atoms with Crippen molar-refractivity contribution >= 4 is 29.2 Å². The molecule has 2 N–H and O–H groups in total. The minimum Gasteiger partial charge on any atom is -0.478 e. The summed E-state index contributed by atoms with van der Waals surface area (Å²) in [7, 11) is 0. The number of carbonyl (C=O) groups excluding carboxylic acids is 1. The topological polar surface area (TPSA) is 69.6 Å². The van der Waals surface area contributed by atoms with Crippen LogP contribution in [0.25, 0.3) is 11.1 Å². The number of anilines is 1. The molecule has 0 spiro atoms. The molecule has 0 bridgehead atoms. The lowest BCUT2D eigenvalue weighted by molar-refractivity contribution is 0.0697. The number of benzene rings is 4. The predicted molar refractivity (Wildman–Crippen MR) is 152 cm³/mol. The van der Waals surface area contributed by atoms with Crippen LogP contribution in [-0.4, -0.2) is 23.5 Å². The average molecular weight is 525 g/mol. The second-order valence-corrected chi connectivity index (χ2v) is 10.1. The Morgan fingerprint density at radius 2 is 1.76 bits per heavy atom. The Kier molecular flexibility index (Phi) is 7.47. The summed E-state index contributed by atoms with van der Waals surface area (Å²) in [4.78, 5) is 26.9. The Morgan fingerprint density at radius 1 is 0.974 bits per heavy atom. The lowest BCUT2D eigenvalue weighted by atomic mass is 9.97. The lowest BCUT2D eigenvalue weighted by Crippen LogP contribution is -2.30. The zero-order valence-electron chi connectivity index (χ0n) is 21.2. The van der Waals surface area contributed by atoms with Gasteiger partial charge >= 0.3 is 5.97 Å². The van der Waals surface area contributed by atoms with E-state index >= 15 is 0 Å². The fourth-order valence-electron chi connectivity index (χ4n) is 5.05. The molecule has 5 rings (SSSR count). The normalized spacial score (nSPS) is 13.5. The summed E-state index contributed by atoms with van der Waals surface area (Å²) in [6.45, 7) is 3.63. The molecule has 5 nitrogen and oxygen atoms in total. The van der Waals surface area contributed by atoms with Gasteiger partial charge in [0.1, 0.15) is 0 Å². The molecule has 1 amide bonds. The van der Waals surface area contributed by atoms with Crippen molar-refractivity contribution < 1.29 is 14.7 Å². The van der Waals surface area contributed by atoms with Crippen molar-refractivity contribution in [3.63, 3.8) is 0 Å². The third kappa shape index (κ3) is 5.58. The van der Waals surface area contributed by atoms with Crippen molar-refractivity contribution in [1.29, 1.82) is 0 Å². The number of nitrogens with zero attached hydrogens (tertiary/aromatic N) is 1. The van der Waals surface area contributed by atoms with E-state index in [0.717, 1.165) is 48.3 Å². The number of hydrogen-bond donors (Lipinski definition) is 2. The maximum Gasteiger partial charge on any atom is 0.336 e. The average Bonchev–Trinajstić information content (AvgIpc) is 2.93. The Labute approximate surface area is 227 Å². The molecule has 1 aliphatic heterocycles. The number of carboxylic acids is 1. The van der Waals surface area contributed by atoms with Crippen molar-refractivity contribution in [2.45, 2.75) is 32.4 Å². The third-order valence-electron chi connectivity index (χ3n) is 7.05. The molecule has 0 aromatic heterocycles. The van der Waals surface area contributed by atoms with E-state index in [4.69, 9.17) is 11.6 Å². The van der Waals surface area contributed by atoms with Crippen LogP contribution >= 0.6 is 11.6 Å². The zero-order chi connectivity index (χ0) is 26.6. The van der Waals surface area contributed by atoms with Crippen molar-refractivity contribution in [1.82, 2.24) is 5.32 Å². The van der Waals surface area contributed by atoms with Gasteiger partial charge in [-0.15, -0.1) is 0 Å². The lowest BCUT2D eigenvalue weighted by Gasteiger charge is -2.32. The Hall–Kier alpha value is -4.09. The first-order valence-corrected chi connectivity index (χ1v) is 13.1. The summed E-state index contributed by atoms with van der Waals surface area (Å²) < 4.78 is 0. The Balaban J connectivity index is 1.29. The van der Waals surface area contributed by atoms with Crippen LogP contribution in [0.2, 0.25) is 5.02 Å². The van der Waals surface area contributed by atoms with Gasteiger partial charge < -0.3 is 15.3 Å². The maximum atomic E-state index is 13.0. The van der Waals surface area contributed by atoms with Gasteiger partial charge in [-0.25, -0.2) is 4.79 Å². The molecule has 0 fully saturated rings. The van der Waals surface area contributed by atoms with Crippen LogP contribution in [0.15, 0.2) is 91.0 Å². The molecule has 38 heavy (non-hydrogen) atoms. The molecule has 0 aliphatic carbocycles. The molecule has 1 aliphatic rings. The quantitative estimate of drug-likeness (QED) is 0.269. The molecule has 4 aromatic rings. The smallest absolute Gasteiger partial charge is 0.336 e. The molecule has 192 valence electrons. The first kappa shape index (κ1) is 25.6.